The van der Waals surface area contributed by atoms with Gasteiger partial charge in [0.15, 0.2) is 0 Å². The Labute approximate surface area is 209 Å². The van der Waals surface area contributed by atoms with Crippen LogP contribution in [0.15, 0.2) is 65.2 Å². The number of benzene rings is 2. The van der Waals surface area contributed by atoms with Crippen LogP contribution >= 0.6 is 0 Å². The minimum absolute atomic E-state index is 0.00401. The van der Waals surface area contributed by atoms with Crippen LogP contribution in [0.1, 0.15) is 35.7 Å². The smallest absolute Gasteiger partial charge is 0.356 e. The Balaban J connectivity index is 1.44. The summed E-state index contributed by atoms with van der Waals surface area (Å²) in [5.74, 6) is -1.42. The molecule has 0 radical (unpaired) electrons. The van der Waals surface area contributed by atoms with Gasteiger partial charge in [0, 0.05) is 41.3 Å². The number of nitrogens with one attached hydrogen (secondary N) is 1. The Morgan fingerprint density at radius 2 is 1.86 bits per heavy atom. The number of β-lactam (4-membered cyclic amide) rings is 1. The van der Waals surface area contributed by atoms with Gasteiger partial charge in [-0.2, -0.15) is 0 Å². The Hall–Kier alpha value is -3.86. The first kappa shape index (κ1) is 25.2. The lowest BCUT2D eigenvalue weighted by Crippen LogP contribution is -2.58. The molecular weight excluding hydrogens is 486 g/mol. The molecule has 0 spiro atoms. The SMILES string of the molecule is CCC1C(=O)N2C(C(=O)OCc3ccc([N+](=O)[O-])cc3)=C(S(=O)CCNC(=O)c3ccccc3)CC12. The Morgan fingerprint density at radius 1 is 1.17 bits per heavy atom. The number of hydrogen-bond donors (Lipinski definition) is 1. The second kappa shape index (κ2) is 10.8. The number of esters is 1. The lowest BCUT2D eigenvalue weighted by Gasteiger charge is -2.43. The van der Waals surface area contributed by atoms with Crippen LogP contribution in [-0.2, 0) is 31.7 Å². The number of nitro benzene ring substituents is 1. The van der Waals surface area contributed by atoms with Crippen molar-refractivity contribution in [3.05, 3.63) is 86.4 Å². The van der Waals surface area contributed by atoms with E-state index in [4.69, 9.17) is 4.74 Å². The molecule has 10 nitrogen and oxygen atoms in total. The molecule has 4 rings (SSSR count). The fourth-order valence-corrected chi connectivity index (χ4v) is 5.69. The van der Waals surface area contributed by atoms with E-state index in [-0.39, 0.29) is 54.1 Å². The number of fused-ring (bicyclic) bond motifs is 1. The summed E-state index contributed by atoms with van der Waals surface area (Å²) < 4.78 is 18.6. The minimum Gasteiger partial charge on any atom is -0.456 e. The van der Waals surface area contributed by atoms with Crippen molar-refractivity contribution in [1.82, 2.24) is 10.2 Å². The van der Waals surface area contributed by atoms with Crippen LogP contribution in [-0.4, -0.2) is 50.2 Å². The van der Waals surface area contributed by atoms with E-state index in [0.717, 1.165) is 0 Å². The molecule has 0 bridgehead atoms. The molecule has 2 aromatic carbocycles. The number of nitro groups is 1. The second-order valence-electron chi connectivity index (χ2n) is 8.44. The maximum absolute atomic E-state index is 13.2. The van der Waals surface area contributed by atoms with E-state index in [2.05, 4.69) is 5.32 Å². The number of hydrogen-bond acceptors (Lipinski definition) is 7. The first-order chi connectivity index (χ1) is 17.3. The van der Waals surface area contributed by atoms with E-state index in [1.807, 2.05) is 6.92 Å². The Bertz CT molecular complexity index is 1240. The third kappa shape index (κ3) is 5.06. The molecule has 2 heterocycles. The predicted octanol–water partition coefficient (Wildman–Crippen LogP) is 2.67. The average Bonchev–Trinajstić information content (AvgIpc) is 3.24. The van der Waals surface area contributed by atoms with E-state index in [0.29, 0.717) is 28.9 Å². The predicted molar refractivity (Wildman–Crippen MR) is 131 cm³/mol. The van der Waals surface area contributed by atoms with Crippen molar-refractivity contribution in [1.29, 1.82) is 0 Å². The van der Waals surface area contributed by atoms with Gasteiger partial charge >= 0.3 is 5.97 Å². The van der Waals surface area contributed by atoms with Gasteiger partial charge in [0.05, 0.1) is 27.7 Å². The fourth-order valence-electron chi connectivity index (χ4n) is 4.40. The lowest BCUT2D eigenvalue weighted by atomic mass is 9.85. The number of carbonyl (C=O) groups is 3. The van der Waals surface area contributed by atoms with Gasteiger partial charge in [-0.15, -0.1) is 0 Å². The molecule has 0 aliphatic carbocycles. The summed E-state index contributed by atoms with van der Waals surface area (Å²) in [5, 5.41) is 13.5. The molecule has 0 saturated carbocycles. The van der Waals surface area contributed by atoms with Gasteiger partial charge in [-0.3, -0.25) is 23.9 Å². The second-order valence-corrected chi connectivity index (χ2v) is 10.0. The highest BCUT2D eigenvalue weighted by atomic mass is 32.2. The molecule has 0 aromatic heterocycles. The molecule has 11 heteroatoms. The van der Waals surface area contributed by atoms with Gasteiger partial charge in [0.25, 0.3) is 11.6 Å². The number of nitrogens with zero attached hydrogens (tertiary/aromatic N) is 2. The zero-order valence-electron chi connectivity index (χ0n) is 19.5. The van der Waals surface area contributed by atoms with Crippen LogP contribution in [0.4, 0.5) is 5.69 Å². The van der Waals surface area contributed by atoms with Crippen LogP contribution in [0.25, 0.3) is 0 Å². The minimum atomic E-state index is -1.61. The molecule has 2 amide bonds. The topological polar surface area (TPSA) is 136 Å². The van der Waals surface area contributed by atoms with Gasteiger partial charge in [-0.25, -0.2) is 4.79 Å². The molecule has 1 fully saturated rings. The molecule has 1 N–H and O–H groups in total. The maximum atomic E-state index is 13.2. The molecule has 3 unspecified atom stereocenters. The first-order valence-corrected chi connectivity index (χ1v) is 12.8. The van der Waals surface area contributed by atoms with Gasteiger partial charge < -0.3 is 15.0 Å². The van der Waals surface area contributed by atoms with E-state index in [1.165, 1.54) is 29.2 Å². The molecular formula is C25H25N3O7S. The lowest BCUT2D eigenvalue weighted by molar-refractivity contribution is -0.384. The van der Waals surface area contributed by atoms with Gasteiger partial charge in [0.1, 0.15) is 12.3 Å². The van der Waals surface area contributed by atoms with Crippen LogP contribution in [0.2, 0.25) is 0 Å². The maximum Gasteiger partial charge on any atom is 0.356 e. The average molecular weight is 512 g/mol. The van der Waals surface area contributed by atoms with Gasteiger partial charge in [-0.05, 0) is 36.2 Å². The highest BCUT2D eigenvalue weighted by molar-refractivity contribution is 7.89. The van der Waals surface area contributed by atoms with Crippen molar-refractivity contribution in [3.8, 4) is 0 Å². The third-order valence-electron chi connectivity index (χ3n) is 6.28. The molecule has 36 heavy (non-hydrogen) atoms. The largest absolute Gasteiger partial charge is 0.456 e. The zero-order chi connectivity index (χ0) is 25.8. The summed E-state index contributed by atoms with van der Waals surface area (Å²) in [6.07, 6.45) is 0.920. The first-order valence-electron chi connectivity index (χ1n) is 11.5. The van der Waals surface area contributed by atoms with Crippen molar-refractivity contribution in [2.45, 2.75) is 32.4 Å². The van der Waals surface area contributed by atoms with Crippen LogP contribution in [0, 0.1) is 16.0 Å². The molecule has 2 aliphatic rings. The van der Waals surface area contributed by atoms with E-state index < -0.39 is 21.7 Å². The number of ether oxygens (including phenoxy) is 1. The fraction of sp³-hybridized carbons (Fsp3) is 0.320. The van der Waals surface area contributed by atoms with Gasteiger partial charge in [0.2, 0.25) is 5.91 Å². The summed E-state index contributed by atoms with van der Waals surface area (Å²) in [5.41, 5.74) is 0.945. The Morgan fingerprint density at radius 3 is 2.50 bits per heavy atom. The summed E-state index contributed by atoms with van der Waals surface area (Å²) in [6.45, 7) is 1.86. The van der Waals surface area contributed by atoms with Crippen LogP contribution in [0.3, 0.4) is 0 Å². The van der Waals surface area contributed by atoms with Crippen molar-refractivity contribution in [2.24, 2.45) is 5.92 Å². The van der Waals surface area contributed by atoms with Crippen molar-refractivity contribution < 1.29 is 28.3 Å². The normalized spacial score (nSPS) is 19.4. The molecule has 188 valence electrons. The van der Waals surface area contributed by atoms with Crippen LogP contribution in [0.5, 0.6) is 0 Å². The van der Waals surface area contributed by atoms with E-state index in [1.54, 1.807) is 30.3 Å². The number of amides is 2. The summed E-state index contributed by atoms with van der Waals surface area (Å²) in [6, 6.07) is 14.0. The monoisotopic (exact) mass is 511 g/mol. The third-order valence-corrected chi connectivity index (χ3v) is 7.77. The molecule has 1 saturated heterocycles. The number of non-ortho nitro benzene ring substituents is 1. The number of carbonyl (C=O) groups excluding carboxylic acids is 3. The van der Waals surface area contributed by atoms with Crippen molar-refractivity contribution in [2.75, 3.05) is 12.3 Å². The highest BCUT2D eigenvalue weighted by Gasteiger charge is 2.55. The van der Waals surface area contributed by atoms with Crippen molar-refractivity contribution in [3.63, 3.8) is 0 Å². The van der Waals surface area contributed by atoms with Crippen LogP contribution < -0.4 is 5.32 Å². The Kier molecular flexibility index (Phi) is 7.58. The highest BCUT2D eigenvalue weighted by Crippen LogP contribution is 2.44. The molecule has 2 aliphatic heterocycles. The van der Waals surface area contributed by atoms with Crippen molar-refractivity contribution >= 4 is 34.3 Å². The zero-order valence-corrected chi connectivity index (χ0v) is 20.4. The standard InChI is InChI=1S/C25H25N3O7S/c1-2-19-20-14-21(36(34)13-12-26-23(29)17-6-4-3-5-7-17)22(27(20)24(19)30)25(31)35-15-16-8-10-18(11-9-16)28(32)33/h3-11,19-20H,2,12-15H2,1H3,(H,26,29). The molecule has 3 atom stereocenters. The summed E-state index contributed by atoms with van der Waals surface area (Å²) >= 11 is 0. The quantitative estimate of drug-likeness (QED) is 0.224. The number of rotatable bonds is 10. The van der Waals surface area contributed by atoms with E-state index >= 15 is 0 Å². The summed E-state index contributed by atoms with van der Waals surface area (Å²) in [4.78, 5) is 49.9. The van der Waals surface area contributed by atoms with E-state index in [9.17, 15) is 28.7 Å². The molecule has 2 aromatic rings. The summed E-state index contributed by atoms with van der Waals surface area (Å²) in [7, 11) is -1.61. The van der Waals surface area contributed by atoms with Gasteiger partial charge in [-0.1, -0.05) is 25.1 Å².